The van der Waals surface area contributed by atoms with Crippen LogP contribution in [0.2, 0.25) is 0 Å². The topological polar surface area (TPSA) is 91.6 Å². The van der Waals surface area contributed by atoms with Crippen molar-refractivity contribution in [3.63, 3.8) is 0 Å². The normalized spacial score (nSPS) is 22.0. The first-order valence-electron chi connectivity index (χ1n) is 9.84. The van der Waals surface area contributed by atoms with Crippen LogP contribution in [0.15, 0.2) is 46.2 Å². The van der Waals surface area contributed by atoms with Crippen molar-refractivity contribution in [3.8, 4) is 0 Å². The number of nitrogens with zero attached hydrogens (tertiary/aromatic N) is 6. The molecule has 1 fully saturated rings. The monoisotopic (exact) mass is 422 g/mol. The number of allylic oxidation sites excluding steroid dienone is 2. The van der Waals surface area contributed by atoms with Gasteiger partial charge in [-0.1, -0.05) is 11.2 Å². The molecule has 1 saturated carbocycles. The third-order valence-electron chi connectivity index (χ3n) is 6.14. The van der Waals surface area contributed by atoms with Crippen molar-refractivity contribution < 1.29 is 13.3 Å². The minimum absolute atomic E-state index is 0.110. The van der Waals surface area contributed by atoms with E-state index in [9.17, 15) is 13.6 Å². The molecule has 4 aromatic rings. The molecule has 3 aromatic heterocycles. The Labute approximate surface area is 173 Å². The molecule has 0 bridgehead atoms. The smallest absolute Gasteiger partial charge is 0.280 e. The van der Waals surface area contributed by atoms with E-state index >= 15 is 0 Å². The molecule has 2 aliphatic carbocycles. The van der Waals surface area contributed by atoms with E-state index in [1.807, 2.05) is 6.08 Å². The lowest BCUT2D eigenvalue weighted by atomic mass is 10.0. The van der Waals surface area contributed by atoms with Crippen LogP contribution in [0.5, 0.6) is 0 Å². The summed E-state index contributed by atoms with van der Waals surface area (Å²) in [4.78, 5) is 25.4. The molecular formula is C21H16F2N6O2. The number of aromatic nitrogens is 6. The van der Waals surface area contributed by atoms with Crippen LogP contribution in [0.25, 0.3) is 16.7 Å². The first-order valence-corrected chi connectivity index (χ1v) is 9.84. The van der Waals surface area contributed by atoms with Gasteiger partial charge in [0.1, 0.15) is 24.5 Å². The third kappa shape index (κ3) is 2.82. The molecule has 10 heteroatoms. The Bertz CT molecular complexity index is 1440. The predicted molar refractivity (Wildman–Crippen MR) is 105 cm³/mol. The van der Waals surface area contributed by atoms with E-state index in [4.69, 9.17) is 4.52 Å². The number of hydrogen-bond donors (Lipinski definition) is 0. The van der Waals surface area contributed by atoms with Crippen molar-refractivity contribution in [2.75, 3.05) is 0 Å². The van der Waals surface area contributed by atoms with Crippen LogP contribution in [-0.4, -0.2) is 29.2 Å². The standard InChI is InChI=1S/C21H16F2N6O2/c1-28-8-24-20-18(28)21(30)29(9-25-20)7-16-26-19(27-31-16)17-13-4-10(5-14(13)17)12-3-2-11(22)6-15(12)23/h2-4,6,8-9,13-14,17H,5,7H2,1H3. The molecule has 0 radical (unpaired) electrons. The van der Waals surface area contributed by atoms with Gasteiger partial charge in [0.15, 0.2) is 17.0 Å². The lowest BCUT2D eigenvalue weighted by molar-refractivity contribution is 0.364. The van der Waals surface area contributed by atoms with E-state index in [0.29, 0.717) is 34.9 Å². The molecule has 0 N–H and O–H groups in total. The van der Waals surface area contributed by atoms with Crippen molar-refractivity contribution in [2.24, 2.45) is 18.9 Å². The fraction of sp³-hybridized carbons (Fsp3) is 0.286. The van der Waals surface area contributed by atoms with Crippen molar-refractivity contribution in [2.45, 2.75) is 18.9 Å². The van der Waals surface area contributed by atoms with Gasteiger partial charge in [0.05, 0.1) is 6.33 Å². The van der Waals surface area contributed by atoms with E-state index in [0.717, 1.165) is 11.6 Å². The number of halogens is 2. The molecule has 6 rings (SSSR count). The quantitative estimate of drug-likeness (QED) is 0.502. The minimum atomic E-state index is -0.584. The van der Waals surface area contributed by atoms with E-state index in [1.165, 1.54) is 23.0 Å². The average Bonchev–Trinajstić information content (AvgIpc) is 3.16. The second kappa shape index (κ2) is 6.40. The summed E-state index contributed by atoms with van der Waals surface area (Å²) < 4.78 is 35.6. The molecular weight excluding hydrogens is 406 g/mol. The zero-order valence-corrected chi connectivity index (χ0v) is 16.4. The summed E-state index contributed by atoms with van der Waals surface area (Å²) in [6, 6.07) is 3.65. The fourth-order valence-corrected chi connectivity index (χ4v) is 4.56. The molecule has 2 aliphatic rings. The summed E-state index contributed by atoms with van der Waals surface area (Å²) in [6.45, 7) is 0.115. The number of hydrogen-bond acceptors (Lipinski definition) is 6. The lowest BCUT2D eigenvalue weighted by Crippen LogP contribution is -2.22. The maximum absolute atomic E-state index is 14.1. The van der Waals surface area contributed by atoms with Crippen molar-refractivity contribution in [1.29, 1.82) is 0 Å². The van der Waals surface area contributed by atoms with E-state index in [2.05, 4.69) is 20.1 Å². The predicted octanol–water partition coefficient (Wildman–Crippen LogP) is 2.66. The molecule has 1 aromatic carbocycles. The van der Waals surface area contributed by atoms with Gasteiger partial charge in [-0.25, -0.2) is 18.7 Å². The summed E-state index contributed by atoms with van der Waals surface area (Å²) in [5.41, 5.74) is 1.89. The molecule has 3 heterocycles. The summed E-state index contributed by atoms with van der Waals surface area (Å²) in [6.07, 6.45) is 5.66. The van der Waals surface area contributed by atoms with Gasteiger partial charge in [-0.3, -0.25) is 9.36 Å². The van der Waals surface area contributed by atoms with Crippen LogP contribution in [0.3, 0.4) is 0 Å². The highest BCUT2D eigenvalue weighted by Gasteiger charge is 2.55. The SMILES string of the molecule is Cn1cnc2ncn(Cc3nc(C4C5C=C(c6ccc(F)cc6F)CC54)no3)c(=O)c21. The number of rotatable bonds is 4. The molecule has 0 saturated heterocycles. The van der Waals surface area contributed by atoms with Crippen LogP contribution in [0.1, 0.15) is 29.6 Å². The highest BCUT2D eigenvalue weighted by atomic mass is 19.1. The van der Waals surface area contributed by atoms with Crippen molar-refractivity contribution >= 4 is 16.7 Å². The molecule has 31 heavy (non-hydrogen) atoms. The second-order valence-electron chi connectivity index (χ2n) is 8.04. The van der Waals surface area contributed by atoms with Gasteiger partial charge in [-0.15, -0.1) is 0 Å². The zero-order chi connectivity index (χ0) is 21.3. The molecule has 0 spiro atoms. The minimum Gasteiger partial charge on any atom is -0.337 e. The van der Waals surface area contributed by atoms with Gasteiger partial charge < -0.3 is 9.09 Å². The van der Waals surface area contributed by atoms with Gasteiger partial charge in [-0.05, 0) is 36.0 Å². The Kier molecular flexibility index (Phi) is 3.74. The Hall–Kier alpha value is -3.69. The molecule has 3 atom stereocenters. The Morgan fingerprint density at radius 2 is 2.06 bits per heavy atom. The molecule has 0 aliphatic heterocycles. The Morgan fingerprint density at radius 1 is 1.23 bits per heavy atom. The summed E-state index contributed by atoms with van der Waals surface area (Å²) in [7, 11) is 1.74. The first kappa shape index (κ1) is 18.1. The summed E-state index contributed by atoms with van der Waals surface area (Å²) >= 11 is 0. The Balaban J connectivity index is 1.21. The molecule has 8 nitrogen and oxygen atoms in total. The van der Waals surface area contributed by atoms with Gasteiger partial charge >= 0.3 is 0 Å². The Morgan fingerprint density at radius 3 is 2.84 bits per heavy atom. The maximum Gasteiger partial charge on any atom is 0.280 e. The van der Waals surface area contributed by atoms with Crippen LogP contribution in [0, 0.1) is 23.5 Å². The number of benzene rings is 1. The van der Waals surface area contributed by atoms with Crippen LogP contribution >= 0.6 is 0 Å². The van der Waals surface area contributed by atoms with Gasteiger partial charge in [0.2, 0.25) is 5.89 Å². The van der Waals surface area contributed by atoms with Gasteiger partial charge in [0.25, 0.3) is 5.56 Å². The highest BCUT2D eigenvalue weighted by Crippen LogP contribution is 2.62. The highest BCUT2D eigenvalue weighted by molar-refractivity contribution is 5.71. The number of fused-ring (bicyclic) bond motifs is 2. The zero-order valence-electron chi connectivity index (χ0n) is 16.4. The fourth-order valence-electron chi connectivity index (χ4n) is 4.56. The second-order valence-corrected chi connectivity index (χ2v) is 8.04. The van der Waals surface area contributed by atoms with Gasteiger partial charge in [0, 0.05) is 24.6 Å². The van der Waals surface area contributed by atoms with E-state index in [-0.39, 0.29) is 29.9 Å². The first-order chi connectivity index (χ1) is 15.0. The van der Waals surface area contributed by atoms with Crippen molar-refractivity contribution in [3.05, 3.63) is 76.2 Å². The summed E-state index contributed by atoms with van der Waals surface area (Å²) in [5.74, 6) is 0.371. The van der Waals surface area contributed by atoms with Crippen LogP contribution < -0.4 is 5.56 Å². The van der Waals surface area contributed by atoms with Crippen LogP contribution in [0.4, 0.5) is 8.78 Å². The summed E-state index contributed by atoms with van der Waals surface area (Å²) in [5, 5.41) is 4.09. The lowest BCUT2D eigenvalue weighted by Gasteiger charge is -2.07. The van der Waals surface area contributed by atoms with Crippen LogP contribution in [-0.2, 0) is 13.6 Å². The third-order valence-corrected chi connectivity index (χ3v) is 6.14. The average molecular weight is 422 g/mol. The number of imidazole rings is 1. The molecule has 3 unspecified atom stereocenters. The van der Waals surface area contributed by atoms with Crippen molar-refractivity contribution in [1.82, 2.24) is 29.2 Å². The van der Waals surface area contributed by atoms with E-state index in [1.54, 1.807) is 17.9 Å². The largest absolute Gasteiger partial charge is 0.337 e. The van der Waals surface area contributed by atoms with E-state index < -0.39 is 11.6 Å². The molecule has 156 valence electrons. The van der Waals surface area contributed by atoms with Gasteiger partial charge in [-0.2, -0.15) is 4.98 Å². The number of aryl methyl sites for hydroxylation is 1. The maximum atomic E-state index is 14.1. The molecule has 0 amide bonds.